The van der Waals surface area contributed by atoms with Crippen LogP contribution in [-0.2, 0) is 0 Å². The van der Waals surface area contributed by atoms with Crippen molar-refractivity contribution < 1.29 is 0 Å². The van der Waals surface area contributed by atoms with E-state index in [0.29, 0.717) is 10.6 Å². The van der Waals surface area contributed by atoms with E-state index in [-0.39, 0.29) is 12.1 Å². The second kappa shape index (κ2) is 8.13. The van der Waals surface area contributed by atoms with E-state index in [2.05, 4.69) is 38.1 Å². The normalized spacial score (nSPS) is 21.0. The Morgan fingerprint density at radius 3 is 2.75 bits per heavy atom. The molecular formula is C20H22ClN7. The predicted molar refractivity (Wildman–Crippen MR) is 110 cm³/mol. The van der Waals surface area contributed by atoms with Crippen molar-refractivity contribution in [2.45, 2.75) is 19.0 Å². The van der Waals surface area contributed by atoms with Crippen LogP contribution in [0.2, 0.25) is 5.02 Å². The molecule has 0 amide bonds. The summed E-state index contributed by atoms with van der Waals surface area (Å²) in [4.78, 5) is 9.04. The van der Waals surface area contributed by atoms with Gasteiger partial charge in [0.1, 0.15) is 17.9 Å². The summed E-state index contributed by atoms with van der Waals surface area (Å²) in [5.41, 5.74) is 1.60. The van der Waals surface area contributed by atoms with Gasteiger partial charge in [0.2, 0.25) is 0 Å². The van der Waals surface area contributed by atoms with Crippen LogP contribution in [0.1, 0.15) is 12.5 Å². The first-order valence-electron chi connectivity index (χ1n) is 9.43. The molecule has 4 rings (SSSR count). The quantitative estimate of drug-likeness (QED) is 0.793. The van der Waals surface area contributed by atoms with Gasteiger partial charge in [0.05, 0.1) is 17.8 Å². The van der Waals surface area contributed by atoms with Crippen LogP contribution in [0.5, 0.6) is 0 Å². The maximum Gasteiger partial charge on any atom is 0.146 e. The Kier molecular flexibility index (Phi) is 5.42. The average molecular weight is 396 g/mol. The van der Waals surface area contributed by atoms with Crippen molar-refractivity contribution in [3.63, 3.8) is 0 Å². The summed E-state index contributed by atoms with van der Waals surface area (Å²) in [6, 6.07) is 14.0. The molecule has 0 saturated carbocycles. The minimum atomic E-state index is 0.120. The molecule has 0 aliphatic carbocycles. The molecule has 1 aromatic heterocycles. The lowest BCUT2D eigenvalue weighted by atomic mass is 10.1. The van der Waals surface area contributed by atoms with Crippen molar-refractivity contribution in [3.8, 4) is 6.07 Å². The standard InChI is InChI=1S/C20H22ClN7/c1-15(19-14-28(25-24-19)18-6-2-5-17(21)12-18)26-8-10-27(11-9-26)20-16(13-22)4-3-7-23-20/h2-7,12,15,19H,8-11,14H2,1H3. The van der Waals surface area contributed by atoms with Crippen molar-refractivity contribution >= 4 is 23.1 Å². The highest BCUT2D eigenvalue weighted by molar-refractivity contribution is 6.30. The zero-order valence-electron chi connectivity index (χ0n) is 15.7. The smallest absolute Gasteiger partial charge is 0.146 e. The summed E-state index contributed by atoms with van der Waals surface area (Å²) in [5.74, 6) is 0.782. The van der Waals surface area contributed by atoms with E-state index in [4.69, 9.17) is 11.6 Å². The molecule has 2 atom stereocenters. The third-order valence-electron chi connectivity index (χ3n) is 5.43. The molecule has 2 aliphatic rings. The van der Waals surface area contributed by atoms with E-state index in [1.165, 1.54) is 0 Å². The number of rotatable bonds is 4. The van der Waals surface area contributed by atoms with Gasteiger partial charge in [0, 0.05) is 43.4 Å². The number of benzene rings is 1. The second-order valence-electron chi connectivity index (χ2n) is 7.08. The number of nitriles is 1. The molecule has 28 heavy (non-hydrogen) atoms. The lowest BCUT2D eigenvalue weighted by molar-refractivity contribution is 0.178. The molecule has 8 heteroatoms. The molecule has 1 saturated heterocycles. The van der Waals surface area contributed by atoms with Gasteiger partial charge in [-0.15, -0.1) is 0 Å². The van der Waals surface area contributed by atoms with Gasteiger partial charge in [-0.05, 0) is 37.3 Å². The minimum Gasteiger partial charge on any atom is -0.353 e. The molecule has 2 aromatic rings. The van der Waals surface area contributed by atoms with Crippen molar-refractivity contribution in [2.24, 2.45) is 10.3 Å². The molecule has 1 fully saturated rings. The molecule has 144 valence electrons. The molecule has 7 nitrogen and oxygen atoms in total. The van der Waals surface area contributed by atoms with Gasteiger partial charge < -0.3 is 4.90 Å². The summed E-state index contributed by atoms with van der Waals surface area (Å²) >= 11 is 6.09. The Morgan fingerprint density at radius 2 is 2.00 bits per heavy atom. The first-order chi connectivity index (χ1) is 13.7. The molecular weight excluding hydrogens is 374 g/mol. The monoisotopic (exact) mass is 395 g/mol. The Hall–Kier alpha value is -2.69. The third kappa shape index (κ3) is 3.79. The van der Waals surface area contributed by atoms with E-state index in [9.17, 15) is 5.26 Å². The SMILES string of the molecule is CC(C1CN(c2cccc(Cl)c2)N=N1)N1CCN(c2ncccc2C#N)CC1. The minimum absolute atomic E-state index is 0.120. The van der Waals surface area contributed by atoms with Crippen LogP contribution in [0.15, 0.2) is 52.9 Å². The zero-order valence-corrected chi connectivity index (χ0v) is 16.5. The van der Waals surface area contributed by atoms with Crippen LogP contribution in [0, 0.1) is 11.3 Å². The molecule has 0 radical (unpaired) electrons. The van der Waals surface area contributed by atoms with Gasteiger partial charge in [-0.25, -0.2) is 9.99 Å². The molecule has 3 heterocycles. The lowest BCUT2D eigenvalue weighted by Gasteiger charge is -2.39. The van der Waals surface area contributed by atoms with Gasteiger partial charge in [-0.1, -0.05) is 22.9 Å². The van der Waals surface area contributed by atoms with E-state index >= 15 is 0 Å². The van der Waals surface area contributed by atoms with Crippen LogP contribution in [-0.4, -0.2) is 54.7 Å². The van der Waals surface area contributed by atoms with E-state index in [1.807, 2.05) is 35.3 Å². The number of pyridine rings is 1. The van der Waals surface area contributed by atoms with Gasteiger partial charge in [-0.2, -0.15) is 10.4 Å². The van der Waals surface area contributed by atoms with Gasteiger partial charge in [-0.3, -0.25) is 4.90 Å². The maximum atomic E-state index is 9.31. The highest BCUT2D eigenvalue weighted by Gasteiger charge is 2.32. The fourth-order valence-electron chi connectivity index (χ4n) is 3.74. The van der Waals surface area contributed by atoms with Crippen LogP contribution < -0.4 is 9.91 Å². The Balaban J connectivity index is 1.35. The van der Waals surface area contributed by atoms with Crippen LogP contribution in [0.25, 0.3) is 0 Å². The third-order valence-corrected chi connectivity index (χ3v) is 5.66. The van der Waals surface area contributed by atoms with E-state index in [1.54, 1.807) is 12.3 Å². The van der Waals surface area contributed by atoms with E-state index in [0.717, 1.165) is 44.2 Å². The number of nitrogens with zero attached hydrogens (tertiary/aromatic N) is 7. The topological polar surface area (TPSA) is 71.1 Å². The Labute approximate surface area is 169 Å². The van der Waals surface area contributed by atoms with Crippen molar-refractivity contribution in [3.05, 3.63) is 53.2 Å². The first-order valence-corrected chi connectivity index (χ1v) is 9.81. The van der Waals surface area contributed by atoms with Gasteiger partial charge in [0.15, 0.2) is 0 Å². The van der Waals surface area contributed by atoms with Crippen LogP contribution in [0.3, 0.4) is 0 Å². The molecule has 2 unspecified atom stereocenters. The molecule has 0 spiro atoms. The molecule has 0 bridgehead atoms. The summed E-state index contributed by atoms with van der Waals surface area (Å²) < 4.78 is 0. The number of hydrogen-bond donors (Lipinski definition) is 0. The summed E-state index contributed by atoms with van der Waals surface area (Å²) in [6.07, 6.45) is 1.74. The van der Waals surface area contributed by atoms with Crippen LogP contribution in [0.4, 0.5) is 11.5 Å². The number of anilines is 2. The molecule has 2 aliphatic heterocycles. The summed E-state index contributed by atoms with van der Waals surface area (Å²) in [5, 5.41) is 20.8. The number of aromatic nitrogens is 1. The Morgan fingerprint density at radius 1 is 1.18 bits per heavy atom. The number of hydrogen-bond acceptors (Lipinski definition) is 7. The number of piperazine rings is 1. The van der Waals surface area contributed by atoms with E-state index < -0.39 is 0 Å². The summed E-state index contributed by atoms with van der Waals surface area (Å²) in [7, 11) is 0. The summed E-state index contributed by atoms with van der Waals surface area (Å²) in [6.45, 7) is 6.47. The molecule has 1 aromatic carbocycles. The second-order valence-corrected chi connectivity index (χ2v) is 7.52. The average Bonchev–Trinajstić information content (AvgIpc) is 3.24. The largest absolute Gasteiger partial charge is 0.353 e. The lowest BCUT2D eigenvalue weighted by Crippen LogP contribution is -2.53. The maximum absolute atomic E-state index is 9.31. The van der Waals surface area contributed by atoms with Crippen LogP contribution >= 0.6 is 11.6 Å². The zero-order chi connectivity index (χ0) is 19.5. The fourth-order valence-corrected chi connectivity index (χ4v) is 3.93. The van der Waals surface area contributed by atoms with Gasteiger partial charge >= 0.3 is 0 Å². The first kappa shape index (κ1) is 18.7. The van der Waals surface area contributed by atoms with Crippen molar-refractivity contribution in [2.75, 3.05) is 42.6 Å². The van der Waals surface area contributed by atoms with Crippen molar-refractivity contribution in [1.82, 2.24) is 9.88 Å². The van der Waals surface area contributed by atoms with Gasteiger partial charge in [0.25, 0.3) is 0 Å². The fraction of sp³-hybridized carbons (Fsp3) is 0.400. The number of halogens is 1. The highest BCUT2D eigenvalue weighted by atomic mass is 35.5. The van der Waals surface area contributed by atoms with Crippen molar-refractivity contribution in [1.29, 1.82) is 5.26 Å². The predicted octanol–water partition coefficient (Wildman–Crippen LogP) is 3.37. The highest BCUT2D eigenvalue weighted by Crippen LogP contribution is 2.26. The molecule has 0 N–H and O–H groups in total. The Bertz CT molecular complexity index is 901.